The van der Waals surface area contributed by atoms with Gasteiger partial charge in [0.05, 0.1) is 6.54 Å². The van der Waals surface area contributed by atoms with Gasteiger partial charge in [0.1, 0.15) is 5.82 Å². The molecule has 1 aromatic carbocycles. The Kier molecular flexibility index (Phi) is 3.40. The summed E-state index contributed by atoms with van der Waals surface area (Å²) >= 11 is 0. The van der Waals surface area contributed by atoms with Gasteiger partial charge in [0, 0.05) is 12.1 Å². The molecule has 0 radical (unpaired) electrons. The molecule has 0 unspecified atom stereocenters. The number of hydrogen-bond donors (Lipinski definition) is 2. The Bertz CT molecular complexity index is 301. The first kappa shape index (κ1) is 9.67. The summed E-state index contributed by atoms with van der Waals surface area (Å²) in [5.41, 5.74) is 5.43. The second kappa shape index (κ2) is 4.57. The SMILES string of the molecule is NC(=O)CNCc1ccccc1F. The predicted octanol–water partition coefficient (Wildman–Crippen LogP) is 0.401. The molecule has 1 amide bonds. The summed E-state index contributed by atoms with van der Waals surface area (Å²) in [6, 6.07) is 6.39. The highest BCUT2D eigenvalue weighted by Gasteiger charge is 1.99. The molecule has 0 aliphatic carbocycles. The zero-order valence-electron chi connectivity index (χ0n) is 7.09. The first-order valence-electron chi connectivity index (χ1n) is 3.92. The number of amides is 1. The third-order valence-corrected chi connectivity index (χ3v) is 1.57. The van der Waals surface area contributed by atoms with Crippen molar-refractivity contribution in [2.75, 3.05) is 6.54 Å². The van der Waals surface area contributed by atoms with Crippen LogP contribution in [-0.4, -0.2) is 12.5 Å². The van der Waals surface area contributed by atoms with Gasteiger partial charge in [-0.2, -0.15) is 0 Å². The molecular formula is C9H11FN2O. The molecule has 0 spiro atoms. The predicted molar refractivity (Wildman–Crippen MR) is 47.3 cm³/mol. The quantitative estimate of drug-likeness (QED) is 0.708. The third-order valence-electron chi connectivity index (χ3n) is 1.57. The highest BCUT2D eigenvalue weighted by atomic mass is 19.1. The monoisotopic (exact) mass is 182 g/mol. The lowest BCUT2D eigenvalue weighted by atomic mass is 10.2. The minimum atomic E-state index is -0.448. The summed E-state index contributed by atoms with van der Waals surface area (Å²) in [6.45, 7) is 0.379. The molecular weight excluding hydrogens is 171 g/mol. The number of nitrogens with one attached hydrogen (secondary N) is 1. The number of halogens is 1. The molecule has 4 heteroatoms. The molecule has 1 aromatic rings. The van der Waals surface area contributed by atoms with E-state index in [-0.39, 0.29) is 12.4 Å². The summed E-state index contributed by atoms with van der Waals surface area (Å²) < 4.78 is 13.0. The Morgan fingerprint density at radius 3 is 2.77 bits per heavy atom. The minimum absolute atomic E-state index is 0.0638. The number of carbonyl (C=O) groups excluding carboxylic acids is 1. The average molecular weight is 182 g/mol. The van der Waals surface area contributed by atoms with Crippen molar-refractivity contribution >= 4 is 5.91 Å². The van der Waals surface area contributed by atoms with E-state index in [0.29, 0.717) is 12.1 Å². The molecule has 0 heterocycles. The highest BCUT2D eigenvalue weighted by Crippen LogP contribution is 2.04. The van der Waals surface area contributed by atoms with E-state index in [9.17, 15) is 9.18 Å². The van der Waals surface area contributed by atoms with E-state index in [4.69, 9.17) is 5.73 Å². The number of carbonyl (C=O) groups is 1. The van der Waals surface area contributed by atoms with Gasteiger partial charge in [0.2, 0.25) is 5.91 Å². The molecule has 0 saturated heterocycles. The van der Waals surface area contributed by atoms with Crippen molar-refractivity contribution in [2.24, 2.45) is 5.73 Å². The fourth-order valence-corrected chi connectivity index (χ4v) is 0.962. The molecule has 0 aromatic heterocycles. The maximum atomic E-state index is 13.0. The molecule has 0 saturated carbocycles. The van der Waals surface area contributed by atoms with Crippen molar-refractivity contribution < 1.29 is 9.18 Å². The normalized spacial score (nSPS) is 9.92. The van der Waals surface area contributed by atoms with E-state index >= 15 is 0 Å². The second-order valence-corrected chi connectivity index (χ2v) is 2.66. The Balaban J connectivity index is 2.45. The lowest BCUT2D eigenvalue weighted by molar-refractivity contribution is -0.117. The van der Waals surface area contributed by atoms with Crippen LogP contribution in [0.3, 0.4) is 0 Å². The average Bonchev–Trinajstić information content (AvgIpc) is 2.08. The van der Waals surface area contributed by atoms with Gasteiger partial charge in [0.25, 0.3) is 0 Å². The molecule has 13 heavy (non-hydrogen) atoms. The highest BCUT2D eigenvalue weighted by molar-refractivity contribution is 5.75. The Morgan fingerprint density at radius 2 is 2.15 bits per heavy atom. The van der Waals surface area contributed by atoms with Crippen LogP contribution < -0.4 is 11.1 Å². The van der Waals surface area contributed by atoms with Gasteiger partial charge >= 0.3 is 0 Å². The van der Waals surface area contributed by atoms with Crippen LogP contribution in [0.2, 0.25) is 0 Å². The van der Waals surface area contributed by atoms with Crippen LogP contribution in [0, 0.1) is 5.82 Å². The van der Waals surface area contributed by atoms with Crippen molar-refractivity contribution in [3.05, 3.63) is 35.6 Å². The van der Waals surface area contributed by atoms with Crippen molar-refractivity contribution in [1.82, 2.24) is 5.32 Å². The molecule has 3 nitrogen and oxygen atoms in total. The summed E-state index contributed by atoms with van der Waals surface area (Å²) in [6.07, 6.45) is 0. The van der Waals surface area contributed by atoms with Gasteiger partial charge in [0.15, 0.2) is 0 Å². The summed E-state index contributed by atoms with van der Waals surface area (Å²) in [7, 11) is 0. The number of nitrogens with two attached hydrogens (primary N) is 1. The summed E-state index contributed by atoms with van der Waals surface area (Å²) in [4.78, 5) is 10.3. The number of primary amides is 1. The van der Waals surface area contributed by atoms with E-state index in [1.54, 1.807) is 18.2 Å². The van der Waals surface area contributed by atoms with Crippen LogP contribution in [0.1, 0.15) is 5.56 Å². The number of hydrogen-bond acceptors (Lipinski definition) is 2. The minimum Gasteiger partial charge on any atom is -0.369 e. The maximum absolute atomic E-state index is 13.0. The first-order valence-corrected chi connectivity index (χ1v) is 3.92. The van der Waals surface area contributed by atoms with Crippen LogP contribution in [0.15, 0.2) is 24.3 Å². The topological polar surface area (TPSA) is 55.1 Å². The lowest BCUT2D eigenvalue weighted by Gasteiger charge is -2.02. The fourth-order valence-electron chi connectivity index (χ4n) is 0.962. The van der Waals surface area contributed by atoms with Gasteiger partial charge in [-0.15, -0.1) is 0 Å². The number of rotatable bonds is 4. The zero-order chi connectivity index (χ0) is 9.68. The second-order valence-electron chi connectivity index (χ2n) is 2.66. The molecule has 70 valence electrons. The molecule has 0 fully saturated rings. The molecule has 0 atom stereocenters. The van der Waals surface area contributed by atoms with E-state index in [1.165, 1.54) is 6.07 Å². The maximum Gasteiger partial charge on any atom is 0.231 e. The van der Waals surface area contributed by atoms with Crippen molar-refractivity contribution in [3.63, 3.8) is 0 Å². The Hall–Kier alpha value is -1.42. The van der Waals surface area contributed by atoms with Crippen LogP contribution in [0.5, 0.6) is 0 Å². The van der Waals surface area contributed by atoms with Gasteiger partial charge < -0.3 is 11.1 Å². The van der Waals surface area contributed by atoms with Gasteiger partial charge in [-0.05, 0) is 6.07 Å². The van der Waals surface area contributed by atoms with Crippen LogP contribution in [-0.2, 0) is 11.3 Å². The van der Waals surface area contributed by atoms with Gasteiger partial charge in [-0.25, -0.2) is 4.39 Å². The smallest absolute Gasteiger partial charge is 0.231 e. The number of benzene rings is 1. The van der Waals surface area contributed by atoms with Crippen LogP contribution in [0.4, 0.5) is 4.39 Å². The fraction of sp³-hybridized carbons (Fsp3) is 0.222. The van der Waals surface area contributed by atoms with Gasteiger partial charge in [-0.1, -0.05) is 18.2 Å². The zero-order valence-corrected chi connectivity index (χ0v) is 7.09. The Labute approximate surface area is 75.7 Å². The third kappa shape index (κ3) is 3.21. The van der Waals surface area contributed by atoms with Crippen LogP contribution >= 0.6 is 0 Å². The van der Waals surface area contributed by atoms with Crippen molar-refractivity contribution in [1.29, 1.82) is 0 Å². The van der Waals surface area contributed by atoms with E-state index < -0.39 is 5.91 Å². The van der Waals surface area contributed by atoms with Crippen molar-refractivity contribution in [3.8, 4) is 0 Å². The Morgan fingerprint density at radius 1 is 1.46 bits per heavy atom. The molecule has 1 rings (SSSR count). The molecule has 0 bridgehead atoms. The van der Waals surface area contributed by atoms with Gasteiger partial charge in [-0.3, -0.25) is 4.79 Å². The van der Waals surface area contributed by atoms with Crippen molar-refractivity contribution in [2.45, 2.75) is 6.54 Å². The molecule has 0 aliphatic rings. The first-order chi connectivity index (χ1) is 6.20. The molecule has 0 aliphatic heterocycles. The summed E-state index contributed by atoms with van der Waals surface area (Å²) in [5, 5.41) is 2.73. The van der Waals surface area contributed by atoms with Crippen LogP contribution in [0.25, 0.3) is 0 Å². The standard InChI is InChI=1S/C9H11FN2O/c10-8-4-2-1-3-7(8)5-12-6-9(11)13/h1-4,12H,5-6H2,(H2,11,13). The van der Waals surface area contributed by atoms with E-state index in [0.717, 1.165) is 0 Å². The summed E-state index contributed by atoms with van der Waals surface area (Å²) in [5.74, 6) is -0.726. The lowest BCUT2D eigenvalue weighted by Crippen LogP contribution is -2.28. The molecule has 3 N–H and O–H groups in total. The van der Waals surface area contributed by atoms with E-state index in [1.807, 2.05) is 0 Å². The van der Waals surface area contributed by atoms with E-state index in [2.05, 4.69) is 5.32 Å². The largest absolute Gasteiger partial charge is 0.369 e.